The molecule has 2 rings (SSSR count). The van der Waals surface area contributed by atoms with Crippen LogP contribution in [0.1, 0.15) is 38.1 Å². The van der Waals surface area contributed by atoms with E-state index in [0.29, 0.717) is 5.92 Å². The minimum absolute atomic E-state index is 0.161. The van der Waals surface area contributed by atoms with E-state index >= 15 is 0 Å². The van der Waals surface area contributed by atoms with Crippen molar-refractivity contribution in [1.29, 1.82) is 0 Å². The van der Waals surface area contributed by atoms with Crippen molar-refractivity contribution in [2.45, 2.75) is 58.7 Å². The predicted molar refractivity (Wildman–Crippen MR) is 75.6 cm³/mol. The maximum atomic E-state index is 5.90. The molecule has 1 aromatic rings. The minimum atomic E-state index is 0.161. The first-order valence-corrected chi connectivity index (χ1v) is 7.30. The van der Waals surface area contributed by atoms with Crippen molar-refractivity contribution in [3.8, 4) is 0 Å². The van der Waals surface area contributed by atoms with Gasteiger partial charge in [-0.2, -0.15) is 5.10 Å². The van der Waals surface area contributed by atoms with E-state index in [0.717, 1.165) is 25.3 Å². The average Bonchev–Trinajstić information content (AvgIpc) is 3.17. The summed E-state index contributed by atoms with van der Waals surface area (Å²) in [5, 5.41) is 4.49. The molecule has 108 valence electrons. The second kappa shape index (κ2) is 6.50. The number of rotatable bonds is 8. The predicted octanol–water partition coefficient (Wildman–Crippen LogP) is 1.40. The van der Waals surface area contributed by atoms with Crippen molar-refractivity contribution in [2.24, 2.45) is 11.8 Å². The zero-order valence-corrected chi connectivity index (χ0v) is 12.2. The summed E-state index contributed by atoms with van der Waals surface area (Å²) in [6.07, 6.45) is 3.60. The van der Waals surface area contributed by atoms with E-state index in [2.05, 4.69) is 28.2 Å². The van der Waals surface area contributed by atoms with E-state index in [1.54, 1.807) is 0 Å². The van der Waals surface area contributed by atoms with Crippen LogP contribution in [-0.2, 0) is 17.7 Å². The molecule has 5 nitrogen and oxygen atoms in total. The normalized spacial score (nSPS) is 18.5. The maximum Gasteiger partial charge on any atom is 0.0773 e. The lowest BCUT2D eigenvalue weighted by Gasteiger charge is -2.26. The van der Waals surface area contributed by atoms with Gasteiger partial charge in [0.2, 0.25) is 0 Å². The Bertz CT molecular complexity index is 400. The standard InChI is InChI=1S/C14H26N4O/c1-4-18-12(8-10(3)17-18)9-13(16-15)14(19-5-2)11-6-7-11/h8,11,13-14,16H,4-7,9,15H2,1-3H3. The highest BCUT2D eigenvalue weighted by atomic mass is 16.5. The number of aromatic nitrogens is 2. The van der Waals surface area contributed by atoms with E-state index in [-0.39, 0.29) is 12.1 Å². The van der Waals surface area contributed by atoms with Crippen LogP contribution >= 0.6 is 0 Å². The molecule has 1 aliphatic carbocycles. The molecule has 0 bridgehead atoms. The second-order valence-corrected chi connectivity index (χ2v) is 5.33. The van der Waals surface area contributed by atoms with Gasteiger partial charge in [0.15, 0.2) is 0 Å². The Morgan fingerprint density at radius 1 is 1.53 bits per heavy atom. The summed E-state index contributed by atoms with van der Waals surface area (Å²) in [6.45, 7) is 7.82. The van der Waals surface area contributed by atoms with E-state index in [9.17, 15) is 0 Å². The first-order chi connectivity index (χ1) is 9.19. The van der Waals surface area contributed by atoms with Crippen molar-refractivity contribution in [3.63, 3.8) is 0 Å². The summed E-state index contributed by atoms with van der Waals surface area (Å²) in [6, 6.07) is 2.30. The Morgan fingerprint density at radius 2 is 2.26 bits per heavy atom. The van der Waals surface area contributed by atoms with E-state index in [4.69, 9.17) is 10.6 Å². The Kier molecular flexibility index (Phi) is 4.96. The number of hydrogen-bond acceptors (Lipinski definition) is 4. The Hall–Kier alpha value is -0.910. The van der Waals surface area contributed by atoms with Gasteiger partial charge in [0.25, 0.3) is 0 Å². The van der Waals surface area contributed by atoms with Gasteiger partial charge in [-0.15, -0.1) is 0 Å². The molecule has 3 N–H and O–H groups in total. The van der Waals surface area contributed by atoms with Gasteiger partial charge in [-0.05, 0) is 45.6 Å². The quantitative estimate of drug-likeness (QED) is 0.551. The van der Waals surface area contributed by atoms with E-state index in [1.807, 2.05) is 13.8 Å². The number of hydrazine groups is 1. The van der Waals surface area contributed by atoms with Crippen molar-refractivity contribution in [2.75, 3.05) is 6.61 Å². The summed E-state index contributed by atoms with van der Waals surface area (Å²) in [5.74, 6) is 6.42. The zero-order valence-electron chi connectivity index (χ0n) is 12.2. The van der Waals surface area contributed by atoms with Crippen LogP contribution in [0.5, 0.6) is 0 Å². The molecule has 1 heterocycles. The van der Waals surface area contributed by atoms with E-state index < -0.39 is 0 Å². The lowest BCUT2D eigenvalue weighted by atomic mass is 10.0. The topological polar surface area (TPSA) is 65.1 Å². The van der Waals surface area contributed by atoms with Crippen LogP contribution in [0.15, 0.2) is 6.07 Å². The summed E-state index contributed by atoms with van der Waals surface area (Å²) in [5.41, 5.74) is 5.24. The summed E-state index contributed by atoms with van der Waals surface area (Å²) >= 11 is 0. The lowest BCUT2D eigenvalue weighted by molar-refractivity contribution is 0.0187. The van der Waals surface area contributed by atoms with Crippen LogP contribution in [0.25, 0.3) is 0 Å². The van der Waals surface area contributed by atoms with Crippen molar-refractivity contribution >= 4 is 0 Å². The Balaban J connectivity index is 2.08. The summed E-state index contributed by atoms with van der Waals surface area (Å²) in [7, 11) is 0. The van der Waals surface area contributed by atoms with Crippen LogP contribution in [0, 0.1) is 12.8 Å². The molecule has 0 aliphatic heterocycles. The van der Waals surface area contributed by atoms with Gasteiger partial charge in [-0.25, -0.2) is 0 Å². The molecule has 0 amide bonds. The van der Waals surface area contributed by atoms with Gasteiger partial charge < -0.3 is 4.74 Å². The Morgan fingerprint density at radius 3 is 2.79 bits per heavy atom. The Labute approximate surface area is 115 Å². The molecular weight excluding hydrogens is 240 g/mol. The molecule has 1 aromatic heterocycles. The maximum absolute atomic E-state index is 5.90. The summed E-state index contributed by atoms with van der Waals surface area (Å²) in [4.78, 5) is 0. The number of aryl methyl sites for hydroxylation is 2. The molecule has 2 unspecified atom stereocenters. The zero-order chi connectivity index (χ0) is 13.8. The van der Waals surface area contributed by atoms with Crippen LogP contribution in [0.3, 0.4) is 0 Å². The van der Waals surface area contributed by atoms with Gasteiger partial charge >= 0.3 is 0 Å². The molecule has 1 fully saturated rings. The first kappa shape index (κ1) is 14.5. The van der Waals surface area contributed by atoms with Crippen molar-refractivity contribution in [3.05, 3.63) is 17.5 Å². The highest BCUT2D eigenvalue weighted by Crippen LogP contribution is 2.36. The molecule has 5 heteroatoms. The highest BCUT2D eigenvalue weighted by molar-refractivity contribution is 5.11. The number of nitrogens with zero attached hydrogens (tertiary/aromatic N) is 2. The fourth-order valence-corrected chi connectivity index (χ4v) is 2.73. The second-order valence-electron chi connectivity index (χ2n) is 5.33. The van der Waals surface area contributed by atoms with Crippen molar-refractivity contribution in [1.82, 2.24) is 15.2 Å². The van der Waals surface area contributed by atoms with Gasteiger partial charge in [-0.3, -0.25) is 16.0 Å². The molecule has 0 radical (unpaired) electrons. The summed E-state index contributed by atoms with van der Waals surface area (Å²) < 4.78 is 7.95. The molecule has 0 saturated heterocycles. The van der Waals surface area contributed by atoms with Gasteiger partial charge in [0.1, 0.15) is 0 Å². The molecular formula is C14H26N4O. The van der Waals surface area contributed by atoms with Gasteiger partial charge in [0, 0.05) is 25.3 Å². The first-order valence-electron chi connectivity index (χ1n) is 7.30. The molecule has 0 spiro atoms. The smallest absolute Gasteiger partial charge is 0.0773 e. The van der Waals surface area contributed by atoms with Crippen LogP contribution in [0.2, 0.25) is 0 Å². The lowest BCUT2D eigenvalue weighted by Crippen LogP contribution is -2.48. The van der Waals surface area contributed by atoms with Gasteiger partial charge in [0.05, 0.1) is 17.8 Å². The van der Waals surface area contributed by atoms with Crippen LogP contribution in [0.4, 0.5) is 0 Å². The average molecular weight is 266 g/mol. The fraction of sp³-hybridized carbons (Fsp3) is 0.786. The number of nitrogens with two attached hydrogens (primary N) is 1. The number of hydrogen-bond donors (Lipinski definition) is 2. The van der Waals surface area contributed by atoms with E-state index in [1.165, 1.54) is 18.5 Å². The fourth-order valence-electron chi connectivity index (χ4n) is 2.73. The number of ether oxygens (including phenoxy) is 1. The molecule has 19 heavy (non-hydrogen) atoms. The third-order valence-corrected chi connectivity index (χ3v) is 3.77. The van der Waals surface area contributed by atoms with Gasteiger partial charge in [-0.1, -0.05) is 0 Å². The number of nitrogens with one attached hydrogen (secondary N) is 1. The molecule has 1 saturated carbocycles. The third-order valence-electron chi connectivity index (χ3n) is 3.77. The molecule has 1 aliphatic rings. The van der Waals surface area contributed by atoms with Crippen LogP contribution < -0.4 is 11.3 Å². The monoisotopic (exact) mass is 266 g/mol. The third kappa shape index (κ3) is 3.55. The molecule has 0 aromatic carbocycles. The largest absolute Gasteiger partial charge is 0.377 e. The minimum Gasteiger partial charge on any atom is -0.377 e. The highest BCUT2D eigenvalue weighted by Gasteiger charge is 2.37. The van der Waals surface area contributed by atoms with Crippen LogP contribution in [-0.4, -0.2) is 28.5 Å². The SMILES string of the molecule is CCOC(C1CC1)C(Cc1cc(C)nn1CC)NN. The molecule has 2 atom stereocenters. The van der Waals surface area contributed by atoms with Crippen molar-refractivity contribution < 1.29 is 4.74 Å².